The number of carboxylic acid groups (broad SMARTS) is 2. The van der Waals surface area contributed by atoms with E-state index < -0.39 is 53.8 Å². The van der Waals surface area contributed by atoms with E-state index >= 15 is 0 Å². The summed E-state index contributed by atoms with van der Waals surface area (Å²) in [5.74, 6) is -4.44. The molecule has 0 aliphatic carbocycles. The standard InChI is InChI=1S/C18H30N4O7/c1-9(2)14(18(28)29)21-16(26)12-5-4-8-22(12)17(27)11(6-7-13(23)24)20-15(25)10(3)19/h9-12,14H,4-8,19H2,1-3H3,(H,20,25)(H,21,26)(H,23,24)(H,28,29). The van der Waals surface area contributed by atoms with Gasteiger partial charge in [-0.05, 0) is 32.1 Å². The van der Waals surface area contributed by atoms with Crippen LogP contribution in [0.3, 0.4) is 0 Å². The van der Waals surface area contributed by atoms with Gasteiger partial charge in [0, 0.05) is 13.0 Å². The molecule has 0 radical (unpaired) electrons. The van der Waals surface area contributed by atoms with Gasteiger partial charge in [0.2, 0.25) is 17.7 Å². The zero-order chi connectivity index (χ0) is 22.3. The van der Waals surface area contributed by atoms with Crippen molar-refractivity contribution in [3.05, 3.63) is 0 Å². The lowest BCUT2D eigenvalue weighted by atomic mass is 10.0. The van der Waals surface area contributed by atoms with Crippen molar-refractivity contribution in [3.8, 4) is 0 Å². The fourth-order valence-electron chi connectivity index (χ4n) is 3.09. The molecular formula is C18H30N4O7. The molecule has 29 heavy (non-hydrogen) atoms. The molecule has 0 bridgehead atoms. The fraction of sp³-hybridized carbons (Fsp3) is 0.722. The summed E-state index contributed by atoms with van der Waals surface area (Å²) >= 11 is 0. The van der Waals surface area contributed by atoms with Gasteiger partial charge < -0.3 is 31.5 Å². The molecule has 4 unspecified atom stereocenters. The predicted molar refractivity (Wildman–Crippen MR) is 102 cm³/mol. The van der Waals surface area contributed by atoms with Crippen molar-refractivity contribution in [2.45, 2.75) is 70.6 Å². The minimum absolute atomic E-state index is 0.152. The van der Waals surface area contributed by atoms with Gasteiger partial charge >= 0.3 is 11.9 Å². The second-order valence-corrected chi connectivity index (χ2v) is 7.54. The molecule has 0 aromatic heterocycles. The van der Waals surface area contributed by atoms with Crippen molar-refractivity contribution in [1.82, 2.24) is 15.5 Å². The number of likely N-dealkylation sites (tertiary alicyclic amines) is 1. The van der Waals surface area contributed by atoms with E-state index in [2.05, 4.69) is 10.6 Å². The number of aliphatic carboxylic acids is 2. The van der Waals surface area contributed by atoms with E-state index in [0.29, 0.717) is 12.8 Å². The first kappa shape index (κ1) is 24.3. The Kier molecular flexibility index (Phi) is 9.02. The van der Waals surface area contributed by atoms with Crippen molar-refractivity contribution in [3.63, 3.8) is 0 Å². The molecule has 6 N–H and O–H groups in total. The van der Waals surface area contributed by atoms with E-state index in [1.165, 1.54) is 11.8 Å². The summed E-state index contributed by atoms with van der Waals surface area (Å²) in [7, 11) is 0. The topological polar surface area (TPSA) is 179 Å². The normalized spacial score (nSPS) is 19.3. The van der Waals surface area contributed by atoms with E-state index in [1.807, 2.05) is 0 Å². The number of rotatable bonds is 10. The molecule has 1 aliphatic heterocycles. The summed E-state index contributed by atoms with van der Waals surface area (Å²) in [5, 5.41) is 23.1. The van der Waals surface area contributed by atoms with E-state index in [4.69, 9.17) is 10.8 Å². The number of nitrogens with zero attached hydrogens (tertiary/aromatic N) is 1. The molecule has 1 fully saturated rings. The van der Waals surface area contributed by atoms with Gasteiger partial charge in [-0.3, -0.25) is 19.2 Å². The third-order valence-electron chi connectivity index (χ3n) is 4.74. The molecule has 0 aromatic carbocycles. The summed E-state index contributed by atoms with van der Waals surface area (Å²) in [5.41, 5.74) is 5.51. The number of nitrogens with one attached hydrogen (secondary N) is 2. The van der Waals surface area contributed by atoms with Crippen LogP contribution in [-0.4, -0.2) is 75.5 Å². The third kappa shape index (κ3) is 7.00. The molecular weight excluding hydrogens is 384 g/mol. The summed E-state index contributed by atoms with van der Waals surface area (Å²) in [6.07, 6.45) is 0.362. The van der Waals surface area contributed by atoms with Gasteiger partial charge in [0.25, 0.3) is 0 Å². The highest BCUT2D eigenvalue weighted by molar-refractivity contribution is 5.94. The molecule has 1 heterocycles. The quantitative estimate of drug-likeness (QED) is 0.299. The number of carbonyl (C=O) groups is 5. The van der Waals surface area contributed by atoms with Gasteiger partial charge in [-0.2, -0.15) is 0 Å². The smallest absolute Gasteiger partial charge is 0.326 e. The van der Waals surface area contributed by atoms with Gasteiger partial charge in [-0.25, -0.2) is 4.79 Å². The lowest BCUT2D eigenvalue weighted by Gasteiger charge is -2.30. The van der Waals surface area contributed by atoms with E-state index in [0.717, 1.165) is 0 Å². The summed E-state index contributed by atoms with van der Waals surface area (Å²) in [4.78, 5) is 61.0. The maximum Gasteiger partial charge on any atom is 0.326 e. The zero-order valence-electron chi connectivity index (χ0n) is 16.9. The number of hydrogen-bond donors (Lipinski definition) is 5. The highest BCUT2D eigenvalue weighted by atomic mass is 16.4. The molecule has 1 aliphatic rings. The van der Waals surface area contributed by atoms with Crippen LogP contribution in [0.15, 0.2) is 0 Å². The van der Waals surface area contributed by atoms with Crippen LogP contribution < -0.4 is 16.4 Å². The average molecular weight is 414 g/mol. The van der Waals surface area contributed by atoms with Gasteiger partial charge in [0.1, 0.15) is 18.1 Å². The van der Waals surface area contributed by atoms with Gasteiger partial charge in [0.15, 0.2) is 0 Å². The lowest BCUT2D eigenvalue weighted by molar-refractivity contribution is -0.146. The van der Waals surface area contributed by atoms with Crippen molar-refractivity contribution in [2.24, 2.45) is 11.7 Å². The van der Waals surface area contributed by atoms with E-state index in [-0.39, 0.29) is 25.3 Å². The minimum Gasteiger partial charge on any atom is -0.481 e. The van der Waals surface area contributed by atoms with Crippen molar-refractivity contribution in [2.75, 3.05) is 6.54 Å². The highest BCUT2D eigenvalue weighted by Gasteiger charge is 2.39. The number of carbonyl (C=O) groups excluding carboxylic acids is 3. The average Bonchev–Trinajstić information content (AvgIpc) is 3.11. The monoisotopic (exact) mass is 414 g/mol. The molecule has 164 valence electrons. The molecule has 4 atom stereocenters. The zero-order valence-corrected chi connectivity index (χ0v) is 16.9. The maximum absolute atomic E-state index is 13.0. The Morgan fingerprint density at radius 1 is 1.10 bits per heavy atom. The molecule has 3 amide bonds. The molecule has 0 saturated carbocycles. The third-order valence-corrected chi connectivity index (χ3v) is 4.74. The summed E-state index contributed by atoms with van der Waals surface area (Å²) in [6, 6.07) is -4.02. The Bertz CT molecular complexity index is 650. The van der Waals surface area contributed by atoms with Crippen LogP contribution in [0.2, 0.25) is 0 Å². The molecule has 0 spiro atoms. The van der Waals surface area contributed by atoms with Crippen LogP contribution in [0.25, 0.3) is 0 Å². The minimum atomic E-state index is -1.17. The second kappa shape index (κ2) is 10.7. The molecule has 1 saturated heterocycles. The lowest BCUT2D eigenvalue weighted by Crippen LogP contribution is -2.57. The number of carboxylic acids is 2. The Morgan fingerprint density at radius 3 is 2.21 bits per heavy atom. The molecule has 11 nitrogen and oxygen atoms in total. The number of nitrogens with two attached hydrogens (primary N) is 1. The molecule has 11 heteroatoms. The first-order chi connectivity index (χ1) is 13.5. The number of amides is 3. The van der Waals surface area contributed by atoms with E-state index in [1.54, 1.807) is 13.8 Å². The summed E-state index contributed by atoms with van der Waals surface area (Å²) in [6.45, 7) is 4.98. The fourth-order valence-corrected chi connectivity index (χ4v) is 3.09. The van der Waals surface area contributed by atoms with Crippen molar-refractivity contribution < 1.29 is 34.2 Å². The largest absolute Gasteiger partial charge is 0.481 e. The first-order valence-electron chi connectivity index (χ1n) is 9.57. The highest BCUT2D eigenvalue weighted by Crippen LogP contribution is 2.20. The van der Waals surface area contributed by atoms with Gasteiger partial charge in [-0.15, -0.1) is 0 Å². The SMILES string of the molecule is CC(N)C(=O)NC(CCC(=O)O)C(=O)N1CCCC1C(=O)NC(C(=O)O)C(C)C. The van der Waals surface area contributed by atoms with Gasteiger partial charge in [-0.1, -0.05) is 13.8 Å². The maximum atomic E-state index is 13.0. The van der Waals surface area contributed by atoms with Crippen LogP contribution in [0.5, 0.6) is 0 Å². The first-order valence-corrected chi connectivity index (χ1v) is 9.57. The van der Waals surface area contributed by atoms with Crippen molar-refractivity contribution in [1.29, 1.82) is 0 Å². The Hall–Kier alpha value is -2.69. The van der Waals surface area contributed by atoms with Crippen LogP contribution >= 0.6 is 0 Å². The van der Waals surface area contributed by atoms with Crippen LogP contribution in [0, 0.1) is 5.92 Å². The van der Waals surface area contributed by atoms with Crippen LogP contribution in [0.1, 0.15) is 46.5 Å². The van der Waals surface area contributed by atoms with Crippen molar-refractivity contribution >= 4 is 29.7 Å². The Morgan fingerprint density at radius 2 is 1.72 bits per heavy atom. The van der Waals surface area contributed by atoms with Gasteiger partial charge in [0.05, 0.1) is 6.04 Å². The Balaban J connectivity index is 2.95. The number of hydrogen-bond acceptors (Lipinski definition) is 6. The second-order valence-electron chi connectivity index (χ2n) is 7.54. The van der Waals surface area contributed by atoms with Crippen LogP contribution in [-0.2, 0) is 24.0 Å². The molecule has 0 aromatic rings. The molecule has 1 rings (SSSR count). The summed E-state index contributed by atoms with van der Waals surface area (Å²) < 4.78 is 0. The Labute approximate surface area is 169 Å². The van der Waals surface area contributed by atoms with E-state index in [9.17, 15) is 29.1 Å². The predicted octanol–water partition coefficient (Wildman–Crippen LogP) is -1.10. The van der Waals surface area contributed by atoms with Crippen LogP contribution in [0.4, 0.5) is 0 Å².